The molecule has 2 aromatic rings. The van der Waals surface area contributed by atoms with Gasteiger partial charge in [0.2, 0.25) is 0 Å². The number of benzene rings is 2. The lowest BCUT2D eigenvalue weighted by atomic mass is 10.0. The van der Waals surface area contributed by atoms with Crippen LogP contribution in [0.1, 0.15) is 56.7 Å². The van der Waals surface area contributed by atoms with Gasteiger partial charge in [0, 0.05) is 6.42 Å². The first-order valence-electron chi connectivity index (χ1n) is 11.4. The number of carboxylic acids is 1. The smallest absolute Gasteiger partial charge is 0.416 e. The highest BCUT2D eigenvalue weighted by molar-refractivity contribution is 5.76. The topological polar surface area (TPSA) is 65.0 Å². The molecule has 2 aromatic carbocycles. The molecule has 0 aromatic heterocycles. The fourth-order valence-electron chi connectivity index (χ4n) is 3.43. The number of carbonyl (C=O) groups is 1. The van der Waals surface area contributed by atoms with Gasteiger partial charge in [-0.15, -0.1) is 0 Å². The zero-order valence-electron chi connectivity index (χ0n) is 19.9. The van der Waals surface area contributed by atoms with Crippen LogP contribution in [0.4, 0.5) is 13.2 Å². The Balaban J connectivity index is 1.56. The van der Waals surface area contributed by atoms with Gasteiger partial charge in [0.25, 0.3) is 0 Å². The van der Waals surface area contributed by atoms with Crippen molar-refractivity contribution in [3.63, 3.8) is 0 Å². The van der Waals surface area contributed by atoms with Crippen molar-refractivity contribution in [3.05, 3.63) is 53.1 Å². The Morgan fingerprint density at radius 1 is 1.12 bits per heavy atom. The Hall–Kier alpha value is -2.90. The van der Waals surface area contributed by atoms with Crippen molar-refractivity contribution in [1.82, 2.24) is 0 Å². The normalized spacial score (nSPS) is 15.0. The Labute approximate surface area is 197 Å². The van der Waals surface area contributed by atoms with Crippen molar-refractivity contribution in [1.29, 1.82) is 0 Å². The maximum Gasteiger partial charge on any atom is 0.416 e. The monoisotopic (exact) mass is 480 g/mol. The number of hydrogen-bond donors (Lipinski definition) is 1. The summed E-state index contributed by atoms with van der Waals surface area (Å²) in [6.07, 6.45) is -1.43. The third-order valence-corrected chi connectivity index (χ3v) is 5.74. The van der Waals surface area contributed by atoms with Crippen molar-refractivity contribution >= 4 is 5.97 Å². The molecule has 0 aliphatic heterocycles. The molecule has 34 heavy (non-hydrogen) atoms. The van der Waals surface area contributed by atoms with Crippen LogP contribution in [0.15, 0.2) is 36.4 Å². The van der Waals surface area contributed by atoms with Crippen LogP contribution in [0.25, 0.3) is 0 Å². The fourth-order valence-corrected chi connectivity index (χ4v) is 3.43. The van der Waals surface area contributed by atoms with Crippen LogP contribution < -0.4 is 14.2 Å². The highest BCUT2D eigenvalue weighted by atomic mass is 19.4. The number of aryl methyl sites for hydroxylation is 1. The summed E-state index contributed by atoms with van der Waals surface area (Å²) in [5, 5.41) is 9.22. The van der Waals surface area contributed by atoms with E-state index in [-0.39, 0.29) is 6.10 Å². The summed E-state index contributed by atoms with van der Waals surface area (Å²) in [6, 6.07) is 8.82. The third kappa shape index (κ3) is 7.05. The number of rotatable bonds is 11. The summed E-state index contributed by atoms with van der Waals surface area (Å²) < 4.78 is 56.7. The predicted molar refractivity (Wildman–Crippen MR) is 122 cm³/mol. The molecule has 8 heteroatoms. The van der Waals surface area contributed by atoms with Gasteiger partial charge in [0.05, 0.1) is 18.3 Å². The summed E-state index contributed by atoms with van der Waals surface area (Å²) in [4.78, 5) is 11.3. The summed E-state index contributed by atoms with van der Waals surface area (Å²) in [6.45, 7) is 6.97. The van der Waals surface area contributed by atoms with Gasteiger partial charge in [-0.25, -0.2) is 4.79 Å². The van der Waals surface area contributed by atoms with Crippen LogP contribution in [-0.4, -0.2) is 29.4 Å². The number of halogens is 3. The molecule has 1 atom stereocenters. The average molecular weight is 481 g/mol. The van der Waals surface area contributed by atoms with Crippen LogP contribution in [0.2, 0.25) is 0 Å². The first kappa shape index (κ1) is 25.7. The summed E-state index contributed by atoms with van der Waals surface area (Å²) >= 11 is 0. The van der Waals surface area contributed by atoms with Crippen molar-refractivity contribution in [3.8, 4) is 17.2 Å². The van der Waals surface area contributed by atoms with E-state index >= 15 is 0 Å². The minimum atomic E-state index is -4.38. The maximum atomic E-state index is 13.1. The van der Waals surface area contributed by atoms with E-state index in [0.29, 0.717) is 48.2 Å². The molecule has 1 fully saturated rings. The molecule has 0 radical (unpaired) electrons. The van der Waals surface area contributed by atoms with Gasteiger partial charge in [0.1, 0.15) is 17.2 Å². The molecule has 3 rings (SSSR count). The highest BCUT2D eigenvalue weighted by Gasteiger charge is 2.32. The number of alkyl halides is 3. The predicted octanol–water partition coefficient (Wildman–Crippen LogP) is 6.44. The van der Waals surface area contributed by atoms with Gasteiger partial charge in [-0.1, -0.05) is 0 Å². The van der Waals surface area contributed by atoms with E-state index in [0.717, 1.165) is 24.5 Å². The van der Waals surface area contributed by atoms with Gasteiger partial charge < -0.3 is 19.3 Å². The summed E-state index contributed by atoms with van der Waals surface area (Å²) in [7, 11) is 0. The van der Waals surface area contributed by atoms with Crippen molar-refractivity contribution < 1.29 is 37.3 Å². The zero-order valence-corrected chi connectivity index (χ0v) is 19.9. The van der Waals surface area contributed by atoms with Crippen LogP contribution in [0.5, 0.6) is 17.2 Å². The highest BCUT2D eigenvalue weighted by Crippen LogP contribution is 2.38. The first-order chi connectivity index (χ1) is 15.8. The molecule has 0 heterocycles. The van der Waals surface area contributed by atoms with Crippen LogP contribution in [0, 0.1) is 12.8 Å². The molecule has 186 valence electrons. The molecular formula is C26H31F3O5. The van der Waals surface area contributed by atoms with Crippen LogP contribution in [-0.2, 0) is 17.4 Å². The van der Waals surface area contributed by atoms with Gasteiger partial charge in [-0.3, -0.25) is 0 Å². The number of ether oxygens (including phenoxy) is 3. The van der Waals surface area contributed by atoms with E-state index in [1.807, 2.05) is 6.92 Å². The van der Waals surface area contributed by atoms with Crippen LogP contribution in [0.3, 0.4) is 0 Å². The third-order valence-electron chi connectivity index (χ3n) is 5.74. The first-order valence-corrected chi connectivity index (χ1v) is 11.4. The lowest BCUT2D eigenvalue weighted by Gasteiger charge is -2.23. The fraction of sp³-hybridized carbons (Fsp3) is 0.500. The van der Waals surface area contributed by atoms with Crippen molar-refractivity contribution in [2.75, 3.05) is 6.61 Å². The minimum Gasteiger partial charge on any atom is -0.493 e. The lowest BCUT2D eigenvalue weighted by Crippen LogP contribution is -2.38. The van der Waals surface area contributed by atoms with E-state index in [9.17, 15) is 23.1 Å². The van der Waals surface area contributed by atoms with Gasteiger partial charge in [-0.05, 0) is 100 Å². The standard InChI is InChI=1S/C26H31F3O5/c1-16-13-21(8-10-22(16)34-25(3,4)24(30)31)32-12-11-17(2)33-23-9-7-20(26(27,28)29)15-19(23)14-18-5-6-18/h7-10,13,15,17-18H,5-6,11-12,14H2,1-4H3,(H,30,31)/t17-/m0/s1. The van der Waals surface area contributed by atoms with E-state index in [4.69, 9.17) is 14.2 Å². The van der Waals surface area contributed by atoms with E-state index in [1.165, 1.54) is 26.0 Å². The molecule has 1 N–H and O–H groups in total. The second-order valence-corrected chi connectivity index (χ2v) is 9.38. The number of aliphatic carboxylic acids is 1. The molecule has 1 saturated carbocycles. The quantitative estimate of drug-likeness (QED) is 0.401. The molecule has 0 amide bonds. The molecule has 5 nitrogen and oxygen atoms in total. The average Bonchev–Trinajstić information content (AvgIpc) is 3.54. The van der Waals surface area contributed by atoms with Gasteiger partial charge in [-0.2, -0.15) is 13.2 Å². The lowest BCUT2D eigenvalue weighted by molar-refractivity contribution is -0.152. The van der Waals surface area contributed by atoms with E-state index in [2.05, 4.69) is 0 Å². The summed E-state index contributed by atoms with van der Waals surface area (Å²) in [5.41, 5.74) is -0.663. The second-order valence-electron chi connectivity index (χ2n) is 9.38. The molecule has 0 saturated heterocycles. The molecule has 1 aliphatic rings. The van der Waals surface area contributed by atoms with Crippen molar-refractivity contribution in [2.24, 2.45) is 5.92 Å². The minimum absolute atomic E-state index is 0.255. The molecular weight excluding hydrogens is 449 g/mol. The molecule has 1 aliphatic carbocycles. The van der Waals surface area contributed by atoms with Crippen LogP contribution >= 0.6 is 0 Å². The summed E-state index contributed by atoms with van der Waals surface area (Å²) in [5.74, 6) is 0.928. The van der Waals surface area contributed by atoms with Crippen molar-refractivity contribution in [2.45, 2.75) is 71.3 Å². The Kier molecular flexibility index (Phi) is 7.68. The van der Waals surface area contributed by atoms with E-state index < -0.39 is 23.3 Å². The van der Waals surface area contributed by atoms with Gasteiger partial charge in [0.15, 0.2) is 5.60 Å². The number of hydrogen-bond acceptors (Lipinski definition) is 4. The molecule has 0 spiro atoms. The second kappa shape index (κ2) is 10.2. The Bertz CT molecular complexity index is 1010. The van der Waals surface area contributed by atoms with Gasteiger partial charge >= 0.3 is 12.1 Å². The zero-order chi connectivity index (χ0) is 25.1. The maximum absolute atomic E-state index is 13.1. The van der Waals surface area contributed by atoms with E-state index in [1.54, 1.807) is 25.1 Å². The molecule has 0 unspecified atom stereocenters. The Morgan fingerprint density at radius 2 is 1.79 bits per heavy atom. The Morgan fingerprint density at radius 3 is 2.38 bits per heavy atom. The molecule has 0 bridgehead atoms. The number of carboxylic acid groups (broad SMARTS) is 1. The largest absolute Gasteiger partial charge is 0.493 e. The SMILES string of the molecule is Cc1cc(OCC[C@H](C)Oc2ccc(C(F)(F)F)cc2CC2CC2)ccc1OC(C)(C)C(=O)O.